The first-order chi connectivity index (χ1) is 7.58. The molecular weight excluding hydrogens is 247 g/mol. The predicted molar refractivity (Wildman–Crippen MR) is 63.9 cm³/mol. The van der Waals surface area contributed by atoms with Crippen LogP contribution >= 0.6 is 23.2 Å². The topological polar surface area (TPSA) is 33.2 Å². The van der Waals surface area contributed by atoms with Crippen molar-refractivity contribution in [3.8, 4) is 0 Å². The van der Waals surface area contributed by atoms with E-state index < -0.39 is 0 Å². The van der Waals surface area contributed by atoms with Gasteiger partial charge in [-0.15, -0.1) is 0 Å². The van der Waals surface area contributed by atoms with Crippen molar-refractivity contribution in [2.24, 2.45) is 5.92 Å². The van der Waals surface area contributed by atoms with Crippen LogP contribution in [0.4, 0.5) is 0 Å². The maximum Gasteiger partial charge on any atom is 0.274 e. The second-order valence-corrected chi connectivity index (χ2v) is 4.90. The number of nitrogens with zero attached hydrogens (tertiary/aromatic N) is 2. The van der Waals surface area contributed by atoms with E-state index in [0.717, 1.165) is 19.5 Å². The van der Waals surface area contributed by atoms with E-state index in [0.29, 0.717) is 16.1 Å². The van der Waals surface area contributed by atoms with E-state index in [9.17, 15) is 4.79 Å². The Morgan fingerprint density at radius 2 is 2.25 bits per heavy atom. The molecule has 2 heterocycles. The number of aromatic nitrogens is 1. The number of hydrogen-bond acceptors (Lipinski definition) is 2. The van der Waals surface area contributed by atoms with Crippen LogP contribution in [-0.4, -0.2) is 28.9 Å². The smallest absolute Gasteiger partial charge is 0.274 e. The number of likely N-dealkylation sites (tertiary alicyclic amines) is 1. The summed E-state index contributed by atoms with van der Waals surface area (Å²) in [6, 6.07) is 3.18. The van der Waals surface area contributed by atoms with Crippen LogP contribution in [0.15, 0.2) is 12.1 Å². The number of pyridine rings is 1. The normalized spacial score (nSPS) is 20.2. The Kier molecular flexibility index (Phi) is 3.36. The fraction of sp³-hybridized carbons (Fsp3) is 0.455. The number of carbonyl (C=O) groups is 1. The van der Waals surface area contributed by atoms with Crippen molar-refractivity contribution >= 4 is 29.1 Å². The van der Waals surface area contributed by atoms with Crippen LogP contribution in [-0.2, 0) is 0 Å². The molecule has 1 saturated heterocycles. The van der Waals surface area contributed by atoms with Gasteiger partial charge in [0.2, 0.25) is 0 Å². The molecule has 3 nitrogen and oxygen atoms in total. The minimum Gasteiger partial charge on any atom is -0.337 e. The van der Waals surface area contributed by atoms with Gasteiger partial charge in [0.1, 0.15) is 10.8 Å². The molecule has 0 N–H and O–H groups in total. The first kappa shape index (κ1) is 11.7. The summed E-state index contributed by atoms with van der Waals surface area (Å²) < 4.78 is 0. The lowest BCUT2D eigenvalue weighted by atomic mass is 10.2. The molecule has 1 atom stereocenters. The molecule has 1 fully saturated rings. The second-order valence-electron chi connectivity index (χ2n) is 4.11. The largest absolute Gasteiger partial charge is 0.337 e. The van der Waals surface area contributed by atoms with Gasteiger partial charge in [-0.2, -0.15) is 0 Å². The van der Waals surface area contributed by atoms with Gasteiger partial charge in [0.15, 0.2) is 0 Å². The molecule has 1 aliphatic heterocycles. The fourth-order valence-corrected chi connectivity index (χ4v) is 2.17. The number of amides is 1. The summed E-state index contributed by atoms with van der Waals surface area (Å²) in [5, 5.41) is 0.647. The van der Waals surface area contributed by atoms with Gasteiger partial charge in [0, 0.05) is 13.1 Å². The van der Waals surface area contributed by atoms with Crippen molar-refractivity contribution < 1.29 is 4.79 Å². The Morgan fingerprint density at radius 3 is 2.88 bits per heavy atom. The molecule has 0 aromatic carbocycles. The predicted octanol–water partition coefficient (Wildman–Crippen LogP) is 2.87. The monoisotopic (exact) mass is 258 g/mol. The van der Waals surface area contributed by atoms with Gasteiger partial charge >= 0.3 is 0 Å². The van der Waals surface area contributed by atoms with E-state index in [1.165, 1.54) is 0 Å². The SMILES string of the molecule is CC1CCN(C(=O)c2nc(Cl)ccc2Cl)C1. The van der Waals surface area contributed by atoms with Crippen LogP contribution in [0, 0.1) is 5.92 Å². The zero-order valence-corrected chi connectivity index (χ0v) is 10.4. The third-order valence-corrected chi connectivity index (χ3v) is 3.24. The van der Waals surface area contributed by atoms with Crippen LogP contribution in [0.3, 0.4) is 0 Å². The minimum absolute atomic E-state index is 0.128. The highest BCUT2D eigenvalue weighted by Gasteiger charge is 2.26. The first-order valence-electron chi connectivity index (χ1n) is 5.19. The highest BCUT2D eigenvalue weighted by molar-refractivity contribution is 6.34. The number of carbonyl (C=O) groups excluding carboxylic acids is 1. The van der Waals surface area contributed by atoms with E-state index in [1.807, 2.05) is 0 Å². The average molecular weight is 259 g/mol. The summed E-state index contributed by atoms with van der Waals surface area (Å²) in [5.74, 6) is 0.416. The average Bonchev–Trinajstić information content (AvgIpc) is 2.67. The Hall–Kier alpha value is -0.800. The van der Waals surface area contributed by atoms with Crippen LogP contribution in [0.2, 0.25) is 10.2 Å². The third kappa shape index (κ3) is 2.30. The van der Waals surface area contributed by atoms with Gasteiger partial charge in [-0.3, -0.25) is 4.79 Å². The maximum atomic E-state index is 12.1. The van der Waals surface area contributed by atoms with Gasteiger partial charge in [-0.25, -0.2) is 4.98 Å². The van der Waals surface area contributed by atoms with Crippen molar-refractivity contribution in [2.45, 2.75) is 13.3 Å². The zero-order chi connectivity index (χ0) is 11.7. The molecule has 5 heteroatoms. The van der Waals surface area contributed by atoms with Crippen LogP contribution in [0.25, 0.3) is 0 Å². The van der Waals surface area contributed by atoms with E-state index in [4.69, 9.17) is 23.2 Å². The molecule has 0 bridgehead atoms. The highest BCUT2D eigenvalue weighted by atomic mass is 35.5. The molecule has 0 spiro atoms. The van der Waals surface area contributed by atoms with Crippen LogP contribution in [0.5, 0.6) is 0 Å². The molecular formula is C11H12Cl2N2O. The van der Waals surface area contributed by atoms with E-state index >= 15 is 0 Å². The molecule has 2 rings (SSSR count). The van der Waals surface area contributed by atoms with Gasteiger partial charge in [-0.1, -0.05) is 30.1 Å². The van der Waals surface area contributed by atoms with E-state index in [2.05, 4.69) is 11.9 Å². The number of hydrogen-bond donors (Lipinski definition) is 0. The summed E-state index contributed by atoms with van der Waals surface area (Å²) in [4.78, 5) is 17.8. The summed E-state index contributed by atoms with van der Waals surface area (Å²) in [6.45, 7) is 3.66. The van der Waals surface area contributed by atoms with Gasteiger partial charge in [-0.05, 0) is 24.5 Å². The molecule has 1 amide bonds. The standard InChI is InChI=1S/C11H12Cl2N2O/c1-7-4-5-15(6-7)11(16)10-8(12)2-3-9(13)14-10/h2-3,7H,4-6H2,1H3. The van der Waals surface area contributed by atoms with Crippen molar-refractivity contribution in [2.75, 3.05) is 13.1 Å². The molecule has 1 aromatic heterocycles. The number of halogens is 2. The van der Waals surface area contributed by atoms with Gasteiger partial charge in [0.25, 0.3) is 5.91 Å². The molecule has 1 aromatic rings. The van der Waals surface area contributed by atoms with Crippen molar-refractivity contribution in [3.05, 3.63) is 28.0 Å². The molecule has 0 radical (unpaired) electrons. The highest BCUT2D eigenvalue weighted by Crippen LogP contribution is 2.22. The van der Waals surface area contributed by atoms with E-state index in [1.54, 1.807) is 17.0 Å². The molecule has 86 valence electrons. The minimum atomic E-state index is -0.128. The zero-order valence-electron chi connectivity index (χ0n) is 8.91. The summed E-state index contributed by atoms with van der Waals surface area (Å²) in [6.07, 6.45) is 1.03. The van der Waals surface area contributed by atoms with Crippen LogP contribution in [0.1, 0.15) is 23.8 Å². The molecule has 0 saturated carbocycles. The summed E-state index contributed by atoms with van der Waals surface area (Å²) in [7, 11) is 0. The fourth-order valence-electron chi connectivity index (χ4n) is 1.84. The first-order valence-corrected chi connectivity index (χ1v) is 5.95. The second kappa shape index (κ2) is 4.60. The molecule has 16 heavy (non-hydrogen) atoms. The maximum absolute atomic E-state index is 12.1. The summed E-state index contributed by atoms with van der Waals surface area (Å²) >= 11 is 11.7. The third-order valence-electron chi connectivity index (χ3n) is 2.73. The van der Waals surface area contributed by atoms with Crippen molar-refractivity contribution in [1.82, 2.24) is 9.88 Å². The van der Waals surface area contributed by atoms with Crippen LogP contribution < -0.4 is 0 Å². The molecule has 1 unspecified atom stereocenters. The lowest BCUT2D eigenvalue weighted by Crippen LogP contribution is -2.29. The molecule has 0 aliphatic carbocycles. The summed E-state index contributed by atoms with van der Waals surface area (Å²) in [5.41, 5.74) is 0.253. The van der Waals surface area contributed by atoms with E-state index in [-0.39, 0.29) is 11.6 Å². The Morgan fingerprint density at radius 1 is 1.50 bits per heavy atom. The number of rotatable bonds is 1. The Bertz CT molecular complexity index is 422. The quantitative estimate of drug-likeness (QED) is 0.726. The van der Waals surface area contributed by atoms with Crippen molar-refractivity contribution in [3.63, 3.8) is 0 Å². The Balaban J connectivity index is 2.23. The lowest BCUT2D eigenvalue weighted by molar-refractivity contribution is 0.0782. The lowest BCUT2D eigenvalue weighted by Gasteiger charge is -2.15. The molecule has 1 aliphatic rings. The Labute approximate surface area is 104 Å². The van der Waals surface area contributed by atoms with Gasteiger partial charge < -0.3 is 4.90 Å². The van der Waals surface area contributed by atoms with Crippen molar-refractivity contribution in [1.29, 1.82) is 0 Å². The van der Waals surface area contributed by atoms with Gasteiger partial charge in [0.05, 0.1) is 5.02 Å².